The first-order chi connectivity index (χ1) is 8.61. The van der Waals surface area contributed by atoms with Crippen LogP contribution in [0.5, 0.6) is 5.75 Å². The van der Waals surface area contributed by atoms with Gasteiger partial charge in [-0.15, -0.1) is 0 Å². The van der Waals surface area contributed by atoms with Crippen molar-refractivity contribution in [1.82, 2.24) is 4.90 Å². The van der Waals surface area contributed by atoms with Gasteiger partial charge in [-0.2, -0.15) is 0 Å². The van der Waals surface area contributed by atoms with Gasteiger partial charge in [0, 0.05) is 18.7 Å². The molecule has 0 aliphatic carbocycles. The lowest BCUT2D eigenvalue weighted by Crippen LogP contribution is -2.42. The second kappa shape index (κ2) is 5.40. The molecule has 0 bridgehead atoms. The van der Waals surface area contributed by atoms with Gasteiger partial charge in [0.2, 0.25) is 0 Å². The largest absolute Gasteiger partial charge is 0.508 e. The molecule has 1 unspecified atom stereocenters. The zero-order valence-corrected chi connectivity index (χ0v) is 10.7. The number of amides is 1. The topological polar surface area (TPSA) is 66.6 Å². The fraction of sp³-hybridized carbons (Fsp3) is 0.500. The quantitative estimate of drug-likeness (QED) is 0.833. The summed E-state index contributed by atoms with van der Waals surface area (Å²) in [6.07, 6.45) is 2.10. The molecule has 1 atom stereocenters. The van der Waals surface area contributed by atoms with Gasteiger partial charge in [-0.1, -0.05) is 6.07 Å². The Hall–Kier alpha value is -1.55. The van der Waals surface area contributed by atoms with E-state index in [1.165, 1.54) is 0 Å². The Bertz CT molecular complexity index is 445. The van der Waals surface area contributed by atoms with E-state index in [1.54, 1.807) is 18.2 Å². The molecule has 4 heteroatoms. The first-order valence-corrected chi connectivity index (χ1v) is 6.40. The van der Waals surface area contributed by atoms with Gasteiger partial charge in [0.05, 0.1) is 0 Å². The Labute approximate surface area is 107 Å². The molecule has 1 heterocycles. The summed E-state index contributed by atoms with van der Waals surface area (Å²) in [5.41, 5.74) is 7.00. The zero-order chi connectivity index (χ0) is 13.1. The van der Waals surface area contributed by atoms with Crippen LogP contribution in [-0.2, 0) is 0 Å². The lowest BCUT2D eigenvalue weighted by atomic mass is 9.97. The average Bonchev–Trinajstić information content (AvgIpc) is 2.41. The summed E-state index contributed by atoms with van der Waals surface area (Å²) in [6, 6.07) is 5.08. The molecule has 2 rings (SSSR count). The van der Waals surface area contributed by atoms with E-state index in [1.807, 2.05) is 11.8 Å². The minimum absolute atomic E-state index is 0.0107. The minimum atomic E-state index is -0.0107. The van der Waals surface area contributed by atoms with Gasteiger partial charge in [-0.25, -0.2) is 0 Å². The zero-order valence-electron chi connectivity index (χ0n) is 10.7. The number of nitrogens with two attached hydrogens (primary N) is 1. The lowest BCUT2D eigenvalue weighted by molar-refractivity contribution is 0.0678. The number of benzene rings is 1. The Morgan fingerprint density at radius 1 is 1.56 bits per heavy atom. The number of nitrogens with zero attached hydrogens (tertiary/aromatic N) is 1. The van der Waals surface area contributed by atoms with Crippen LogP contribution < -0.4 is 5.73 Å². The van der Waals surface area contributed by atoms with E-state index in [9.17, 15) is 9.90 Å². The fourth-order valence-corrected chi connectivity index (χ4v) is 2.37. The predicted octanol–water partition coefficient (Wildman–Crippen LogP) is 1.51. The SMILES string of the molecule is Cc1ccc(C(=O)N2CCCC(CN)C2)cc1O. The molecular weight excluding hydrogens is 228 g/mol. The van der Waals surface area contributed by atoms with Crippen LogP contribution in [0.15, 0.2) is 18.2 Å². The van der Waals surface area contributed by atoms with Crippen LogP contribution in [0.2, 0.25) is 0 Å². The molecule has 1 saturated heterocycles. The highest BCUT2D eigenvalue weighted by Gasteiger charge is 2.23. The molecule has 1 amide bonds. The van der Waals surface area contributed by atoms with Gasteiger partial charge in [0.1, 0.15) is 5.75 Å². The van der Waals surface area contributed by atoms with Crippen molar-refractivity contribution in [3.63, 3.8) is 0 Å². The second-order valence-electron chi connectivity index (χ2n) is 5.00. The van der Waals surface area contributed by atoms with Crippen LogP contribution in [-0.4, -0.2) is 35.5 Å². The smallest absolute Gasteiger partial charge is 0.253 e. The maximum absolute atomic E-state index is 12.3. The van der Waals surface area contributed by atoms with E-state index in [-0.39, 0.29) is 11.7 Å². The lowest BCUT2D eigenvalue weighted by Gasteiger charge is -2.32. The summed E-state index contributed by atoms with van der Waals surface area (Å²) >= 11 is 0. The Balaban J connectivity index is 2.12. The molecule has 1 aromatic rings. The van der Waals surface area contributed by atoms with Crippen molar-refractivity contribution in [2.45, 2.75) is 19.8 Å². The Morgan fingerprint density at radius 3 is 3.00 bits per heavy atom. The summed E-state index contributed by atoms with van der Waals surface area (Å²) in [6.45, 7) is 3.95. The van der Waals surface area contributed by atoms with Crippen molar-refractivity contribution in [3.8, 4) is 5.75 Å². The molecule has 3 N–H and O–H groups in total. The summed E-state index contributed by atoms with van der Waals surface area (Å²) in [5.74, 6) is 0.568. The summed E-state index contributed by atoms with van der Waals surface area (Å²) in [7, 11) is 0. The summed E-state index contributed by atoms with van der Waals surface area (Å²) in [5, 5.41) is 9.65. The van der Waals surface area contributed by atoms with Crippen molar-refractivity contribution in [3.05, 3.63) is 29.3 Å². The average molecular weight is 248 g/mol. The molecule has 1 aliphatic rings. The van der Waals surface area contributed by atoms with Gasteiger partial charge in [0.15, 0.2) is 0 Å². The molecule has 18 heavy (non-hydrogen) atoms. The number of rotatable bonds is 2. The molecule has 0 spiro atoms. The van der Waals surface area contributed by atoms with E-state index < -0.39 is 0 Å². The third-order valence-corrected chi connectivity index (χ3v) is 3.60. The predicted molar refractivity (Wildman–Crippen MR) is 70.5 cm³/mol. The fourth-order valence-electron chi connectivity index (χ4n) is 2.37. The number of likely N-dealkylation sites (tertiary alicyclic amines) is 1. The van der Waals surface area contributed by atoms with E-state index in [2.05, 4.69) is 0 Å². The molecule has 0 aromatic heterocycles. The number of hydrogen-bond donors (Lipinski definition) is 2. The van der Waals surface area contributed by atoms with E-state index in [4.69, 9.17) is 5.73 Å². The molecular formula is C14H20N2O2. The van der Waals surface area contributed by atoms with Crippen molar-refractivity contribution in [2.24, 2.45) is 11.7 Å². The molecule has 0 saturated carbocycles. The third-order valence-electron chi connectivity index (χ3n) is 3.60. The number of carbonyl (C=O) groups is 1. The number of phenolic OH excluding ortho intramolecular Hbond substituents is 1. The molecule has 1 aromatic carbocycles. The monoisotopic (exact) mass is 248 g/mol. The first kappa shape index (κ1) is 12.9. The van der Waals surface area contributed by atoms with E-state index in [0.29, 0.717) is 18.0 Å². The van der Waals surface area contributed by atoms with Crippen molar-refractivity contribution < 1.29 is 9.90 Å². The van der Waals surface area contributed by atoms with Crippen LogP contribution in [0, 0.1) is 12.8 Å². The minimum Gasteiger partial charge on any atom is -0.508 e. The highest BCUT2D eigenvalue weighted by molar-refractivity contribution is 5.94. The van der Waals surface area contributed by atoms with Gasteiger partial charge in [-0.05, 0) is 49.9 Å². The highest BCUT2D eigenvalue weighted by Crippen LogP contribution is 2.21. The van der Waals surface area contributed by atoms with Crippen molar-refractivity contribution in [2.75, 3.05) is 19.6 Å². The van der Waals surface area contributed by atoms with Crippen LogP contribution in [0.3, 0.4) is 0 Å². The molecule has 1 fully saturated rings. The molecule has 0 radical (unpaired) electrons. The number of carbonyl (C=O) groups excluding carboxylic acids is 1. The number of aromatic hydroxyl groups is 1. The number of hydrogen-bond acceptors (Lipinski definition) is 3. The van der Waals surface area contributed by atoms with Crippen molar-refractivity contribution in [1.29, 1.82) is 0 Å². The molecule has 4 nitrogen and oxygen atoms in total. The van der Waals surface area contributed by atoms with Gasteiger partial charge in [0.25, 0.3) is 5.91 Å². The Morgan fingerprint density at radius 2 is 2.33 bits per heavy atom. The third kappa shape index (κ3) is 2.64. The maximum Gasteiger partial charge on any atom is 0.253 e. The Kier molecular flexibility index (Phi) is 3.87. The number of aryl methyl sites for hydroxylation is 1. The van der Waals surface area contributed by atoms with Gasteiger partial charge >= 0.3 is 0 Å². The van der Waals surface area contributed by atoms with E-state index in [0.717, 1.165) is 31.5 Å². The highest BCUT2D eigenvalue weighted by atomic mass is 16.3. The van der Waals surface area contributed by atoms with Gasteiger partial charge in [-0.3, -0.25) is 4.79 Å². The molecule has 98 valence electrons. The molecule has 1 aliphatic heterocycles. The number of phenols is 1. The van der Waals surface area contributed by atoms with Crippen LogP contribution >= 0.6 is 0 Å². The maximum atomic E-state index is 12.3. The summed E-state index contributed by atoms with van der Waals surface area (Å²) < 4.78 is 0. The van der Waals surface area contributed by atoms with Crippen LogP contribution in [0.25, 0.3) is 0 Å². The van der Waals surface area contributed by atoms with Crippen LogP contribution in [0.4, 0.5) is 0 Å². The number of piperidine rings is 1. The van der Waals surface area contributed by atoms with Crippen LogP contribution in [0.1, 0.15) is 28.8 Å². The van der Waals surface area contributed by atoms with Crippen molar-refractivity contribution >= 4 is 5.91 Å². The standard InChI is InChI=1S/C14H20N2O2/c1-10-4-5-12(7-13(10)17)14(18)16-6-2-3-11(8-15)9-16/h4-5,7,11,17H,2-3,6,8-9,15H2,1H3. The first-order valence-electron chi connectivity index (χ1n) is 6.40. The van der Waals surface area contributed by atoms with Gasteiger partial charge < -0.3 is 15.7 Å². The normalized spacial score (nSPS) is 19.9. The second-order valence-corrected chi connectivity index (χ2v) is 5.00. The summed E-state index contributed by atoms with van der Waals surface area (Å²) in [4.78, 5) is 14.1. The van der Waals surface area contributed by atoms with E-state index >= 15 is 0 Å².